The second kappa shape index (κ2) is 6.90. The summed E-state index contributed by atoms with van der Waals surface area (Å²) < 4.78 is 0. The summed E-state index contributed by atoms with van der Waals surface area (Å²) in [7, 11) is 0. The summed E-state index contributed by atoms with van der Waals surface area (Å²) in [6.45, 7) is 11.0. The van der Waals surface area contributed by atoms with Crippen molar-refractivity contribution in [3.63, 3.8) is 0 Å². The average molecular weight is 281 g/mol. The minimum Gasteiger partial charge on any atom is -0.353 e. The molecular formula is C16H31N3O. The zero-order valence-corrected chi connectivity index (χ0v) is 13.4. The SMILES string of the molecule is CC(C)(C)NCC1CCN(CCC(=O)NC2CC2)CC1. The van der Waals surface area contributed by atoms with Crippen LogP contribution in [0.1, 0.15) is 52.9 Å². The predicted molar refractivity (Wildman–Crippen MR) is 82.7 cm³/mol. The van der Waals surface area contributed by atoms with Crippen molar-refractivity contribution < 1.29 is 4.79 Å². The number of piperidine rings is 1. The quantitative estimate of drug-likeness (QED) is 0.780. The van der Waals surface area contributed by atoms with E-state index in [4.69, 9.17) is 0 Å². The fourth-order valence-corrected chi connectivity index (χ4v) is 2.65. The number of rotatable bonds is 6. The van der Waals surface area contributed by atoms with Crippen LogP contribution in [0.25, 0.3) is 0 Å². The van der Waals surface area contributed by atoms with Gasteiger partial charge in [0.05, 0.1) is 0 Å². The van der Waals surface area contributed by atoms with E-state index in [0.29, 0.717) is 12.5 Å². The molecule has 2 rings (SSSR count). The minimum absolute atomic E-state index is 0.220. The van der Waals surface area contributed by atoms with E-state index in [1.54, 1.807) is 0 Å². The second-order valence-electron chi connectivity index (χ2n) is 7.51. The van der Waals surface area contributed by atoms with Crippen LogP contribution < -0.4 is 10.6 Å². The number of hydrogen-bond acceptors (Lipinski definition) is 3. The molecule has 2 N–H and O–H groups in total. The van der Waals surface area contributed by atoms with Crippen molar-refractivity contribution in [3.8, 4) is 0 Å². The van der Waals surface area contributed by atoms with Gasteiger partial charge in [-0.05, 0) is 72.0 Å². The van der Waals surface area contributed by atoms with Crippen LogP contribution in [0.2, 0.25) is 0 Å². The Hall–Kier alpha value is -0.610. The lowest BCUT2D eigenvalue weighted by Crippen LogP contribution is -2.43. The zero-order valence-electron chi connectivity index (χ0n) is 13.4. The first-order valence-electron chi connectivity index (χ1n) is 8.19. The van der Waals surface area contributed by atoms with E-state index < -0.39 is 0 Å². The molecule has 1 aliphatic carbocycles. The monoisotopic (exact) mass is 281 g/mol. The van der Waals surface area contributed by atoms with Crippen molar-refractivity contribution in [1.82, 2.24) is 15.5 Å². The zero-order chi connectivity index (χ0) is 14.6. The van der Waals surface area contributed by atoms with Crippen LogP contribution in [0.5, 0.6) is 0 Å². The van der Waals surface area contributed by atoms with Gasteiger partial charge in [0.15, 0.2) is 0 Å². The molecule has 1 saturated carbocycles. The van der Waals surface area contributed by atoms with Crippen molar-refractivity contribution in [2.75, 3.05) is 26.2 Å². The summed E-state index contributed by atoms with van der Waals surface area (Å²) in [6, 6.07) is 0.497. The van der Waals surface area contributed by atoms with Crippen LogP contribution in [-0.2, 0) is 4.79 Å². The number of likely N-dealkylation sites (tertiary alicyclic amines) is 1. The number of hydrogen-bond donors (Lipinski definition) is 2. The third-order valence-electron chi connectivity index (χ3n) is 4.23. The third-order valence-corrected chi connectivity index (χ3v) is 4.23. The molecule has 0 spiro atoms. The number of carbonyl (C=O) groups excluding carboxylic acids is 1. The molecule has 1 aliphatic heterocycles. The molecule has 20 heavy (non-hydrogen) atoms. The maximum atomic E-state index is 11.7. The summed E-state index contributed by atoms with van der Waals surface area (Å²) in [4.78, 5) is 14.1. The van der Waals surface area contributed by atoms with Gasteiger partial charge in [-0.25, -0.2) is 0 Å². The van der Waals surface area contributed by atoms with Gasteiger partial charge in [0.1, 0.15) is 0 Å². The van der Waals surface area contributed by atoms with Crippen molar-refractivity contribution in [2.24, 2.45) is 5.92 Å². The fraction of sp³-hybridized carbons (Fsp3) is 0.938. The Morgan fingerprint density at radius 2 is 1.80 bits per heavy atom. The molecule has 2 aliphatic rings. The van der Waals surface area contributed by atoms with Crippen molar-refractivity contribution in [1.29, 1.82) is 0 Å². The summed E-state index contributed by atoms with van der Waals surface area (Å²) in [5, 5.41) is 6.67. The number of nitrogens with one attached hydrogen (secondary N) is 2. The molecule has 0 aromatic carbocycles. The standard InChI is InChI=1S/C16H31N3O/c1-16(2,3)17-12-13-6-9-19(10-7-13)11-8-15(20)18-14-4-5-14/h13-14,17H,4-12H2,1-3H3,(H,18,20). The molecule has 0 radical (unpaired) electrons. The van der Waals surface area contributed by atoms with Crippen LogP contribution in [-0.4, -0.2) is 48.6 Å². The topological polar surface area (TPSA) is 44.4 Å². The van der Waals surface area contributed by atoms with Gasteiger partial charge in [-0.1, -0.05) is 0 Å². The molecule has 4 heteroatoms. The Labute approximate surface area is 123 Å². The highest BCUT2D eigenvalue weighted by atomic mass is 16.1. The van der Waals surface area contributed by atoms with E-state index >= 15 is 0 Å². The summed E-state index contributed by atoms with van der Waals surface area (Å²) in [5.41, 5.74) is 0.220. The van der Waals surface area contributed by atoms with Gasteiger partial charge in [0.25, 0.3) is 0 Å². The molecule has 1 heterocycles. The Balaban J connectivity index is 1.55. The summed E-state index contributed by atoms with van der Waals surface area (Å²) in [5.74, 6) is 1.04. The highest BCUT2D eigenvalue weighted by Gasteiger charge is 2.24. The largest absolute Gasteiger partial charge is 0.353 e. The molecule has 4 nitrogen and oxygen atoms in total. The molecule has 0 atom stereocenters. The maximum absolute atomic E-state index is 11.7. The second-order valence-corrected chi connectivity index (χ2v) is 7.51. The van der Waals surface area contributed by atoms with Gasteiger partial charge in [-0.15, -0.1) is 0 Å². The summed E-state index contributed by atoms with van der Waals surface area (Å²) >= 11 is 0. The summed E-state index contributed by atoms with van der Waals surface area (Å²) in [6.07, 6.45) is 5.54. The van der Waals surface area contributed by atoms with Crippen LogP contribution in [0.3, 0.4) is 0 Å². The van der Waals surface area contributed by atoms with E-state index in [9.17, 15) is 4.79 Å². The lowest BCUT2D eigenvalue weighted by molar-refractivity contribution is -0.121. The van der Waals surface area contributed by atoms with E-state index in [1.807, 2.05) is 0 Å². The smallest absolute Gasteiger partial charge is 0.221 e. The number of nitrogens with zero attached hydrogens (tertiary/aromatic N) is 1. The van der Waals surface area contributed by atoms with Gasteiger partial charge in [-0.2, -0.15) is 0 Å². The molecule has 1 amide bonds. The molecular weight excluding hydrogens is 250 g/mol. The molecule has 1 saturated heterocycles. The van der Waals surface area contributed by atoms with Gasteiger partial charge >= 0.3 is 0 Å². The first kappa shape index (κ1) is 15.8. The van der Waals surface area contributed by atoms with Crippen molar-refractivity contribution in [3.05, 3.63) is 0 Å². The Kier molecular flexibility index (Phi) is 5.44. The Bertz CT molecular complexity index is 312. The van der Waals surface area contributed by atoms with Crippen molar-refractivity contribution >= 4 is 5.91 Å². The van der Waals surface area contributed by atoms with Gasteiger partial charge in [0.2, 0.25) is 5.91 Å². The van der Waals surface area contributed by atoms with E-state index in [2.05, 4.69) is 36.3 Å². The predicted octanol–water partition coefficient (Wildman–Crippen LogP) is 1.76. The van der Waals surface area contributed by atoms with Crippen molar-refractivity contribution in [2.45, 2.75) is 64.5 Å². The van der Waals surface area contributed by atoms with Gasteiger partial charge < -0.3 is 15.5 Å². The first-order chi connectivity index (χ1) is 9.42. The maximum Gasteiger partial charge on any atom is 0.221 e. The lowest BCUT2D eigenvalue weighted by Gasteiger charge is -2.33. The number of amides is 1. The van der Waals surface area contributed by atoms with Gasteiger partial charge in [-0.3, -0.25) is 4.79 Å². The van der Waals surface area contributed by atoms with E-state index in [1.165, 1.54) is 25.7 Å². The van der Waals surface area contributed by atoms with Crippen LogP contribution in [0.4, 0.5) is 0 Å². The van der Waals surface area contributed by atoms with Crippen LogP contribution in [0, 0.1) is 5.92 Å². The minimum atomic E-state index is 0.220. The van der Waals surface area contributed by atoms with E-state index in [0.717, 1.165) is 32.1 Å². The molecule has 0 bridgehead atoms. The average Bonchev–Trinajstić information content (AvgIpc) is 3.18. The first-order valence-corrected chi connectivity index (χ1v) is 8.19. The lowest BCUT2D eigenvalue weighted by atomic mass is 9.95. The number of carbonyl (C=O) groups is 1. The molecule has 0 aromatic heterocycles. The van der Waals surface area contributed by atoms with Crippen LogP contribution in [0.15, 0.2) is 0 Å². The fourth-order valence-electron chi connectivity index (χ4n) is 2.65. The normalized spacial score (nSPS) is 21.9. The van der Waals surface area contributed by atoms with Gasteiger partial charge in [0, 0.05) is 24.5 Å². The molecule has 2 fully saturated rings. The Morgan fingerprint density at radius 3 is 2.35 bits per heavy atom. The molecule has 116 valence electrons. The van der Waals surface area contributed by atoms with E-state index in [-0.39, 0.29) is 11.4 Å². The third kappa shape index (κ3) is 6.23. The highest BCUT2D eigenvalue weighted by molar-refractivity contribution is 5.76. The van der Waals surface area contributed by atoms with Crippen LogP contribution >= 0.6 is 0 Å². The highest BCUT2D eigenvalue weighted by Crippen LogP contribution is 2.19. The molecule has 0 aromatic rings. The Morgan fingerprint density at radius 1 is 1.15 bits per heavy atom. The molecule has 0 unspecified atom stereocenters.